The summed E-state index contributed by atoms with van der Waals surface area (Å²) in [7, 11) is 3.52. The first-order valence-corrected chi connectivity index (χ1v) is 7.57. The molecule has 3 rings (SSSR count). The van der Waals surface area contributed by atoms with Crippen LogP contribution in [-0.2, 0) is 11.3 Å². The fraction of sp³-hybridized carbons (Fsp3) is 0.444. The van der Waals surface area contributed by atoms with Gasteiger partial charge in [-0.3, -0.25) is 0 Å². The number of fused-ring (bicyclic) bond motifs is 1. The summed E-state index contributed by atoms with van der Waals surface area (Å²) in [6, 6.07) is 12.8. The molecular formula is C18H23NO2. The van der Waals surface area contributed by atoms with Crippen LogP contribution in [0.25, 0.3) is 10.8 Å². The molecule has 1 aliphatic carbocycles. The van der Waals surface area contributed by atoms with Crippen LogP contribution in [0.2, 0.25) is 0 Å². The molecule has 0 aliphatic heterocycles. The van der Waals surface area contributed by atoms with E-state index in [1.54, 1.807) is 7.11 Å². The lowest BCUT2D eigenvalue weighted by Gasteiger charge is -2.40. The van der Waals surface area contributed by atoms with Crippen LogP contribution in [0.3, 0.4) is 0 Å². The third-order valence-corrected chi connectivity index (χ3v) is 4.59. The van der Waals surface area contributed by atoms with Gasteiger partial charge in [0, 0.05) is 20.2 Å². The molecule has 0 spiro atoms. The van der Waals surface area contributed by atoms with E-state index < -0.39 is 0 Å². The molecule has 0 heterocycles. The molecule has 0 saturated heterocycles. The van der Waals surface area contributed by atoms with Gasteiger partial charge in [-0.15, -0.1) is 0 Å². The summed E-state index contributed by atoms with van der Waals surface area (Å²) in [5, 5.41) is 6.00. The predicted octanol–water partition coefficient (Wildman–Crippen LogP) is 3.51. The minimum absolute atomic E-state index is 0.0875. The first-order chi connectivity index (χ1) is 10.2. The Hall–Kier alpha value is -1.58. The molecular weight excluding hydrogens is 262 g/mol. The van der Waals surface area contributed by atoms with Crippen molar-refractivity contribution in [1.82, 2.24) is 5.32 Å². The highest BCUT2D eigenvalue weighted by Gasteiger charge is 2.36. The monoisotopic (exact) mass is 285 g/mol. The molecule has 0 bridgehead atoms. The lowest BCUT2D eigenvalue weighted by atomic mass is 9.80. The van der Waals surface area contributed by atoms with Crippen molar-refractivity contribution in [2.45, 2.75) is 31.4 Å². The Bertz CT molecular complexity index is 614. The molecule has 2 aromatic carbocycles. The molecule has 0 unspecified atom stereocenters. The van der Waals surface area contributed by atoms with Gasteiger partial charge in [0.1, 0.15) is 5.75 Å². The Morgan fingerprint density at radius 1 is 1.05 bits per heavy atom. The zero-order chi connectivity index (χ0) is 14.7. The molecule has 1 N–H and O–H groups in total. The maximum absolute atomic E-state index is 5.63. The number of methoxy groups -OCH3 is 2. The van der Waals surface area contributed by atoms with E-state index in [1.807, 2.05) is 13.2 Å². The van der Waals surface area contributed by atoms with Crippen LogP contribution in [0.1, 0.15) is 24.8 Å². The average molecular weight is 285 g/mol. The van der Waals surface area contributed by atoms with Gasteiger partial charge in [-0.1, -0.05) is 18.2 Å². The van der Waals surface area contributed by atoms with Crippen molar-refractivity contribution >= 4 is 10.8 Å². The van der Waals surface area contributed by atoms with Crippen LogP contribution in [0.4, 0.5) is 0 Å². The Kier molecular flexibility index (Phi) is 4.13. The van der Waals surface area contributed by atoms with E-state index in [1.165, 1.54) is 35.6 Å². The molecule has 0 aromatic heterocycles. The Balaban J connectivity index is 1.64. The molecule has 0 amide bonds. The van der Waals surface area contributed by atoms with Gasteiger partial charge >= 0.3 is 0 Å². The van der Waals surface area contributed by atoms with Crippen LogP contribution in [0, 0.1) is 0 Å². The van der Waals surface area contributed by atoms with Crippen molar-refractivity contribution in [1.29, 1.82) is 0 Å². The SMILES string of the molecule is COc1ccc2cc(CNCC3(OC)CCC3)ccc2c1. The normalized spacial score (nSPS) is 16.7. The second-order valence-electron chi connectivity index (χ2n) is 5.89. The number of rotatable bonds is 6. The van der Waals surface area contributed by atoms with Gasteiger partial charge in [0.05, 0.1) is 12.7 Å². The van der Waals surface area contributed by atoms with E-state index in [9.17, 15) is 0 Å². The fourth-order valence-corrected chi connectivity index (χ4v) is 2.97. The maximum Gasteiger partial charge on any atom is 0.119 e. The standard InChI is InChI=1S/C18H23NO2/c1-20-17-7-6-15-10-14(4-5-16(15)11-17)12-19-13-18(21-2)8-3-9-18/h4-7,10-11,19H,3,8-9,12-13H2,1-2H3. The summed E-state index contributed by atoms with van der Waals surface area (Å²) in [5.41, 5.74) is 1.39. The third-order valence-electron chi connectivity index (χ3n) is 4.59. The molecule has 3 heteroatoms. The van der Waals surface area contributed by atoms with E-state index in [0.717, 1.165) is 18.8 Å². The summed E-state index contributed by atoms with van der Waals surface area (Å²) in [6.45, 7) is 1.82. The van der Waals surface area contributed by atoms with Crippen LogP contribution in [0.5, 0.6) is 5.75 Å². The Morgan fingerprint density at radius 3 is 2.48 bits per heavy atom. The lowest BCUT2D eigenvalue weighted by molar-refractivity contribution is -0.0695. The molecule has 2 aromatic rings. The summed E-state index contributed by atoms with van der Waals surface area (Å²) < 4.78 is 10.9. The zero-order valence-corrected chi connectivity index (χ0v) is 12.8. The maximum atomic E-state index is 5.63. The summed E-state index contributed by atoms with van der Waals surface area (Å²) >= 11 is 0. The Labute approximate surface area is 126 Å². The largest absolute Gasteiger partial charge is 0.497 e. The number of benzene rings is 2. The van der Waals surface area contributed by atoms with Gasteiger partial charge in [-0.2, -0.15) is 0 Å². The quantitative estimate of drug-likeness (QED) is 0.881. The molecule has 0 radical (unpaired) electrons. The fourth-order valence-electron chi connectivity index (χ4n) is 2.97. The average Bonchev–Trinajstić information content (AvgIpc) is 2.49. The van der Waals surface area contributed by atoms with Gasteiger partial charge in [0.2, 0.25) is 0 Å². The van der Waals surface area contributed by atoms with Crippen LogP contribution in [0.15, 0.2) is 36.4 Å². The summed E-state index contributed by atoms with van der Waals surface area (Å²) in [5.74, 6) is 0.903. The first kappa shape index (κ1) is 14.4. The van der Waals surface area contributed by atoms with Crippen LogP contribution >= 0.6 is 0 Å². The number of nitrogens with one attached hydrogen (secondary N) is 1. The summed E-state index contributed by atoms with van der Waals surface area (Å²) in [6.07, 6.45) is 3.63. The molecule has 21 heavy (non-hydrogen) atoms. The van der Waals surface area contributed by atoms with E-state index in [2.05, 4.69) is 35.6 Å². The summed E-state index contributed by atoms with van der Waals surface area (Å²) in [4.78, 5) is 0. The third kappa shape index (κ3) is 3.04. The highest BCUT2D eigenvalue weighted by molar-refractivity contribution is 5.84. The van der Waals surface area contributed by atoms with Gasteiger partial charge in [-0.05, 0) is 53.8 Å². The second kappa shape index (κ2) is 6.04. The van der Waals surface area contributed by atoms with Crippen LogP contribution in [-0.4, -0.2) is 26.4 Å². The number of hydrogen-bond donors (Lipinski definition) is 1. The van der Waals surface area contributed by atoms with Gasteiger partial charge in [-0.25, -0.2) is 0 Å². The minimum atomic E-state index is 0.0875. The molecule has 112 valence electrons. The second-order valence-corrected chi connectivity index (χ2v) is 5.89. The van der Waals surface area contributed by atoms with E-state index >= 15 is 0 Å². The lowest BCUT2D eigenvalue weighted by Crippen LogP contribution is -2.47. The molecule has 1 aliphatic rings. The number of hydrogen-bond acceptors (Lipinski definition) is 3. The van der Waals surface area contributed by atoms with Crippen LogP contribution < -0.4 is 10.1 Å². The van der Waals surface area contributed by atoms with Crippen molar-refractivity contribution in [2.24, 2.45) is 0 Å². The predicted molar refractivity (Wildman–Crippen MR) is 85.8 cm³/mol. The van der Waals surface area contributed by atoms with Crippen molar-refractivity contribution in [3.8, 4) is 5.75 Å². The van der Waals surface area contributed by atoms with Crippen molar-refractivity contribution < 1.29 is 9.47 Å². The van der Waals surface area contributed by atoms with Crippen molar-refractivity contribution in [2.75, 3.05) is 20.8 Å². The molecule has 1 saturated carbocycles. The van der Waals surface area contributed by atoms with Gasteiger partial charge in [0.25, 0.3) is 0 Å². The van der Waals surface area contributed by atoms with Crippen molar-refractivity contribution in [3.63, 3.8) is 0 Å². The van der Waals surface area contributed by atoms with E-state index in [-0.39, 0.29) is 5.60 Å². The highest BCUT2D eigenvalue weighted by atomic mass is 16.5. The molecule has 0 atom stereocenters. The van der Waals surface area contributed by atoms with E-state index in [0.29, 0.717) is 0 Å². The number of ether oxygens (including phenoxy) is 2. The van der Waals surface area contributed by atoms with Gasteiger partial charge < -0.3 is 14.8 Å². The molecule has 3 nitrogen and oxygen atoms in total. The topological polar surface area (TPSA) is 30.5 Å². The zero-order valence-electron chi connectivity index (χ0n) is 12.8. The first-order valence-electron chi connectivity index (χ1n) is 7.57. The van der Waals surface area contributed by atoms with Gasteiger partial charge in [0.15, 0.2) is 0 Å². The molecule has 1 fully saturated rings. The van der Waals surface area contributed by atoms with Crippen molar-refractivity contribution in [3.05, 3.63) is 42.0 Å². The Morgan fingerprint density at radius 2 is 1.81 bits per heavy atom. The smallest absolute Gasteiger partial charge is 0.119 e. The van der Waals surface area contributed by atoms with E-state index in [4.69, 9.17) is 9.47 Å². The minimum Gasteiger partial charge on any atom is -0.497 e. The highest BCUT2D eigenvalue weighted by Crippen LogP contribution is 2.34.